The molecule has 0 fully saturated rings. The predicted molar refractivity (Wildman–Crippen MR) is 561 cm³/mol. The molecule has 5 heterocycles. The van der Waals surface area contributed by atoms with Crippen molar-refractivity contribution in [2.75, 3.05) is 0 Å². The van der Waals surface area contributed by atoms with Gasteiger partial charge in [0.25, 0.3) is 0 Å². The second kappa shape index (κ2) is 34.7. The summed E-state index contributed by atoms with van der Waals surface area (Å²) in [7, 11) is 0. The van der Waals surface area contributed by atoms with E-state index in [4.69, 9.17) is 17.7 Å². The fourth-order valence-electron chi connectivity index (χ4n) is 18.0. The lowest BCUT2D eigenvalue weighted by Gasteiger charge is -2.10. The Morgan fingerprint density at radius 2 is 0.516 bits per heavy atom. The van der Waals surface area contributed by atoms with Crippen molar-refractivity contribution in [2.45, 2.75) is 0 Å². The van der Waals surface area contributed by atoms with Crippen LogP contribution in [0, 0.1) is 0 Å². The molecule has 21 aromatic carbocycles. The van der Waals surface area contributed by atoms with Gasteiger partial charge in [0.15, 0.2) is 0 Å². The van der Waals surface area contributed by atoms with E-state index >= 15 is 0 Å². The van der Waals surface area contributed by atoms with E-state index in [2.05, 4.69) is 444 Å². The van der Waals surface area contributed by atoms with Gasteiger partial charge in [-0.15, -0.1) is 11.3 Å². The summed E-state index contributed by atoms with van der Waals surface area (Å²) < 4.78 is 32.7. The van der Waals surface area contributed by atoms with Crippen LogP contribution in [-0.4, -0.2) is 0 Å². The van der Waals surface area contributed by atoms with Crippen LogP contribution < -0.4 is 0 Å². The SMILES string of the molecule is Brc1cc2ccccc2cc1-c1cccc2c1oc1c(-c3ccccc3)cccc12.Brc1ccc(-c2cc3ccccc3c3c2sc2c4ccccc4c4ccccc4c23)cc1.Brc1ccc(-c2ccc3oc4ccccc4c3c2)cc1.Brc1ccc(-c2cccc(-c3ccc4c(c3)oc3ccccc34)c2)cc1.Brc1ccc(-c2cccc3c2oc2ccccc23)cc1. The Bertz CT molecular complexity index is 8740. The van der Waals surface area contributed by atoms with E-state index in [1.54, 1.807) is 0 Å². The maximum atomic E-state index is 6.57. The number of benzene rings is 21. The highest BCUT2D eigenvalue weighted by atomic mass is 79.9. The third-order valence-corrected chi connectivity index (χ3v) is 28.1. The number of thiophene rings is 1. The molecule has 0 saturated heterocycles. The molecule has 128 heavy (non-hydrogen) atoms. The van der Waals surface area contributed by atoms with Crippen molar-refractivity contribution in [1.29, 1.82) is 0 Å². The molecule has 0 bridgehead atoms. The molecule has 0 aliphatic carbocycles. The fraction of sp³-hybridized carbons (Fsp3) is 0. The number of rotatable bonds is 7. The Balaban J connectivity index is 0.0000000954. The number of fused-ring (bicyclic) bond motifs is 23. The molecule has 10 heteroatoms. The van der Waals surface area contributed by atoms with E-state index in [0.717, 1.165) is 128 Å². The molecule has 0 unspecified atom stereocenters. The minimum absolute atomic E-state index is 0.923. The number of hydrogen-bond acceptors (Lipinski definition) is 5. The molecule has 26 aromatic rings. The molecule has 0 N–H and O–H groups in total. The molecule has 0 atom stereocenters. The molecular formula is C118H71Br5O4S. The minimum Gasteiger partial charge on any atom is -0.456 e. The number of furan rings is 4. The summed E-state index contributed by atoms with van der Waals surface area (Å²) in [6.45, 7) is 0. The molecule has 0 amide bonds. The third kappa shape index (κ3) is 15.4. The maximum Gasteiger partial charge on any atom is 0.143 e. The van der Waals surface area contributed by atoms with Gasteiger partial charge in [-0.2, -0.15) is 0 Å². The molecule has 0 spiro atoms. The van der Waals surface area contributed by atoms with Crippen LogP contribution in [0.25, 0.3) is 229 Å². The van der Waals surface area contributed by atoms with Crippen LogP contribution in [-0.2, 0) is 0 Å². The molecule has 4 nitrogen and oxygen atoms in total. The first-order valence-electron chi connectivity index (χ1n) is 42.2. The normalized spacial score (nSPS) is 11.5. The molecule has 0 radical (unpaired) electrons. The summed E-state index contributed by atoms with van der Waals surface area (Å²) in [5.41, 5.74) is 24.0. The molecule has 0 saturated carbocycles. The lowest BCUT2D eigenvalue weighted by Crippen LogP contribution is -1.83. The van der Waals surface area contributed by atoms with Crippen LogP contribution in [0.1, 0.15) is 0 Å². The van der Waals surface area contributed by atoms with Crippen molar-refractivity contribution in [1.82, 2.24) is 0 Å². The lowest BCUT2D eigenvalue weighted by atomic mass is 9.93. The Hall–Kier alpha value is -13.5. The average molecular weight is 1980 g/mol. The highest BCUT2D eigenvalue weighted by Gasteiger charge is 2.22. The predicted octanol–water partition coefficient (Wildman–Crippen LogP) is 38.5. The van der Waals surface area contributed by atoms with E-state index in [0.29, 0.717) is 0 Å². The quantitative estimate of drug-likeness (QED) is 0.149. The molecule has 608 valence electrons. The van der Waals surface area contributed by atoms with Gasteiger partial charge in [-0.3, -0.25) is 0 Å². The van der Waals surface area contributed by atoms with Crippen LogP contribution in [0.4, 0.5) is 0 Å². The van der Waals surface area contributed by atoms with Gasteiger partial charge in [0.1, 0.15) is 44.7 Å². The first-order valence-corrected chi connectivity index (χ1v) is 47.0. The average Bonchev–Trinajstić information content (AvgIpc) is 1.53. The van der Waals surface area contributed by atoms with Crippen LogP contribution in [0.15, 0.2) is 471 Å². The summed E-state index contributed by atoms with van der Waals surface area (Å²) in [6, 6.07) is 151. The van der Waals surface area contributed by atoms with Gasteiger partial charge < -0.3 is 17.7 Å². The zero-order chi connectivity index (χ0) is 85.9. The Kier molecular flexibility index (Phi) is 21.8. The highest BCUT2D eigenvalue weighted by molar-refractivity contribution is 9.11. The van der Waals surface area contributed by atoms with E-state index in [1.807, 2.05) is 78.1 Å². The summed E-state index contributed by atoms with van der Waals surface area (Å²) in [5, 5.41) is 22.4. The van der Waals surface area contributed by atoms with Gasteiger partial charge in [-0.1, -0.05) is 395 Å². The number of hydrogen-bond donors (Lipinski definition) is 0. The van der Waals surface area contributed by atoms with Gasteiger partial charge in [-0.05, 0) is 203 Å². The van der Waals surface area contributed by atoms with E-state index in [9.17, 15) is 0 Å². The standard InChI is InChI=1S/C30H17BrS.C28H17BrO.C24H15BrO.2C18H11BrO/c31-20-15-13-18(14-16-20)26-17-19-7-1-2-8-21(19)27-28-24-11-5-3-9-22(24)23-10-4-6-12-25(23)29(28)32-30(26)27;29-26-17-20-11-5-4-10-19(20)16-25(26)24-15-7-14-23-22-13-6-12-21(27(22)30-28(23)24)18-8-2-1-3-9-18;25-20-11-8-16(9-12-20)17-4-3-5-18(14-17)19-10-13-22-21-6-1-2-7-23(21)26-24(22)15-19;19-13-10-8-12(9-11-13)14-5-3-6-16-15-4-1-2-7-17(15)20-18(14)16;19-14-8-5-12(6-9-14)13-7-10-18-16(11-13)15-3-1-2-4-17(15)20-18/h1-17H;1-17H;1-15H;2*1-11H. The monoisotopic (exact) mass is 1980 g/mol. The zero-order valence-electron chi connectivity index (χ0n) is 68.4. The van der Waals surface area contributed by atoms with Gasteiger partial charge >= 0.3 is 0 Å². The second-order valence-corrected chi connectivity index (χ2v) is 37.3. The first-order chi connectivity index (χ1) is 63.0. The largest absolute Gasteiger partial charge is 0.456 e. The van der Waals surface area contributed by atoms with Crippen molar-refractivity contribution in [3.8, 4) is 77.9 Å². The summed E-state index contributed by atoms with van der Waals surface area (Å²) in [6.07, 6.45) is 0. The molecule has 5 aromatic heterocycles. The van der Waals surface area contributed by atoms with E-state index in [1.165, 1.54) is 124 Å². The topological polar surface area (TPSA) is 52.6 Å². The van der Waals surface area contributed by atoms with Crippen LogP contribution in [0.5, 0.6) is 0 Å². The number of para-hydroxylation sites is 6. The number of halogens is 5. The van der Waals surface area contributed by atoms with Crippen molar-refractivity contribution in [3.63, 3.8) is 0 Å². The Morgan fingerprint density at radius 3 is 1.12 bits per heavy atom. The van der Waals surface area contributed by atoms with Crippen molar-refractivity contribution in [2.24, 2.45) is 0 Å². The van der Waals surface area contributed by atoms with Crippen molar-refractivity contribution >= 4 is 242 Å². The van der Waals surface area contributed by atoms with Gasteiger partial charge in [0.05, 0.1) is 0 Å². The molecule has 0 aliphatic rings. The van der Waals surface area contributed by atoms with E-state index < -0.39 is 0 Å². The summed E-state index contributed by atoms with van der Waals surface area (Å²) in [5.74, 6) is 0. The smallest absolute Gasteiger partial charge is 0.143 e. The lowest BCUT2D eigenvalue weighted by molar-refractivity contribution is 0.668. The van der Waals surface area contributed by atoms with Crippen LogP contribution in [0.3, 0.4) is 0 Å². The fourth-order valence-corrected chi connectivity index (χ4v) is 21.0. The van der Waals surface area contributed by atoms with Crippen molar-refractivity contribution < 1.29 is 17.7 Å². The summed E-state index contributed by atoms with van der Waals surface area (Å²) in [4.78, 5) is 0. The van der Waals surface area contributed by atoms with Crippen molar-refractivity contribution in [3.05, 3.63) is 453 Å². The maximum absolute atomic E-state index is 6.57. The molecular weight excluding hydrogens is 1910 g/mol. The Morgan fingerprint density at radius 1 is 0.164 bits per heavy atom. The Labute approximate surface area is 783 Å². The van der Waals surface area contributed by atoms with Gasteiger partial charge in [0, 0.05) is 119 Å². The van der Waals surface area contributed by atoms with Gasteiger partial charge in [0.2, 0.25) is 0 Å². The third-order valence-electron chi connectivity index (χ3n) is 24.1. The molecule has 26 rings (SSSR count). The minimum atomic E-state index is 0.923. The van der Waals surface area contributed by atoms with Crippen LogP contribution in [0.2, 0.25) is 0 Å². The summed E-state index contributed by atoms with van der Waals surface area (Å²) >= 11 is 19.8. The highest BCUT2D eigenvalue weighted by Crippen LogP contribution is 2.51. The van der Waals surface area contributed by atoms with Crippen LogP contribution >= 0.6 is 91.0 Å². The zero-order valence-corrected chi connectivity index (χ0v) is 77.2. The molecule has 0 aliphatic heterocycles. The van der Waals surface area contributed by atoms with E-state index in [-0.39, 0.29) is 0 Å². The van der Waals surface area contributed by atoms with Gasteiger partial charge in [-0.25, -0.2) is 0 Å². The first kappa shape index (κ1) is 80.3. The second-order valence-electron chi connectivity index (χ2n) is 31.8.